The van der Waals surface area contributed by atoms with Crippen LogP contribution in [0.2, 0.25) is 0 Å². The summed E-state index contributed by atoms with van der Waals surface area (Å²) in [5.41, 5.74) is 2.29. The Bertz CT molecular complexity index is 750. The SMILES string of the molecule is Fc1ccc(CN2CCN(C(c3ccccc3)C3CCCCC3)CC2)cc1F. The molecule has 1 aliphatic carbocycles. The molecule has 28 heavy (non-hydrogen) atoms. The summed E-state index contributed by atoms with van der Waals surface area (Å²) >= 11 is 0. The van der Waals surface area contributed by atoms with Crippen molar-refractivity contribution in [2.24, 2.45) is 5.92 Å². The summed E-state index contributed by atoms with van der Waals surface area (Å²) in [6.07, 6.45) is 6.73. The van der Waals surface area contributed by atoms with E-state index in [1.54, 1.807) is 6.07 Å². The Labute approximate surface area is 167 Å². The minimum atomic E-state index is -0.772. The molecule has 2 aliphatic rings. The Kier molecular flexibility index (Phi) is 6.38. The molecule has 0 aromatic heterocycles. The van der Waals surface area contributed by atoms with Crippen LogP contribution in [0.15, 0.2) is 48.5 Å². The number of rotatable bonds is 5. The molecule has 2 fully saturated rings. The Morgan fingerprint density at radius 2 is 1.54 bits per heavy atom. The lowest BCUT2D eigenvalue weighted by atomic mass is 9.80. The highest BCUT2D eigenvalue weighted by molar-refractivity contribution is 5.21. The number of nitrogens with zero attached hydrogens (tertiary/aromatic N) is 2. The highest BCUT2D eigenvalue weighted by Crippen LogP contribution is 2.38. The fraction of sp³-hybridized carbons (Fsp3) is 0.500. The molecule has 2 aromatic rings. The van der Waals surface area contributed by atoms with Crippen LogP contribution >= 0.6 is 0 Å². The summed E-state index contributed by atoms with van der Waals surface area (Å²) in [5.74, 6) is -0.779. The molecule has 2 nitrogen and oxygen atoms in total. The van der Waals surface area contributed by atoms with Gasteiger partial charge >= 0.3 is 0 Å². The van der Waals surface area contributed by atoms with Crippen LogP contribution in [-0.2, 0) is 6.54 Å². The Morgan fingerprint density at radius 3 is 2.21 bits per heavy atom. The van der Waals surface area contributed by atoms with Gasteiger partial charge in [-0.1, -0.05) is 55.7 Å². The molecule has 2 aromatic carbocycles. The number of hydrogen-bond donors (Lipinski definition) is 0. The van der Waals surface area contributed by atoms with E-state index in [0.29, 0.717) is 12.6 Å². The molecule has 1 saturated heterocycles. The maximum atomic E-state index is 13.5. The first kappa shape index (κ1) is 19.5. The third kappa shape index (κ3) is 4.61. The summed E-state index contributed by atoms with van der Waals surface area (Å²) in [5, 5.41) is 0. The zero-order valence-corrected chi connectivity index (χ0v) is 16.5. The second kappa shape index (κ2) is 9.15. The van der Waals surface area contributed by atoms with E-state index in [1.807, 2.05) is 0 Å². The lowest BCUT2D eigenvalue weighted by Gasteiger charge is -2.43. The fourth-order valence-electron chi connectivity index (χ4n) is 4.98. The predicted molar refractivity (Wildman–Crippen MR) is 109 cm³/mol. The summed E-state index contributed by atoms with van der Waals surface area (Å²) in [6, 6.07) is 15.7. The first-order valence-corrected chi connectivity index (χ1v) is 10.7. The maximum absolute atomic E-state index is 13.5. The van der Waals surface area contributed by atoms with Crippen molar-refractivity contribution in [3.63, 3.8) is 0 Å². The van der Waals surface area contributed by atoms with Crippen LogP contribution in [0, 0.1) is 17.6 Å². The Balaban J connectivity index is 1.41. The third-order valence-corrected chi connectivity index (χ3v) is 6.43. The topological polar surface area (TPSA) is 6.48 Å². The quantitative estimate of drug-likeness (QED) is 0.681. The van der Waals surface area contributed by atoms with Crippen LogP contribution in [0.3, 0.4) is 0 Å². The summed E-state index contributed by atoms with van der Waals surface area (Å²) < 4.78 is 26.7. The smallest absolute Gasteiger partial charge is 0.159 e. The second-order valence-corrected chi connectivity index (χ2v) is 8.31. The zero-order chi connectivity index (χ0) is 19.3. The van der Waals surface area contributed by atoms with Crippen LogP contribution in [0.5, 0.6) is 0 Å². The average Bonchev–Trinajstić information content (AvgIpc) is 2.74. The van der Waals surface area contributed by atoms with Crippen LogP contribution in [0.4, 0.5) is 8.78 Å². The average molecular weight is 385 g/mol. The van der Waals surface area contributed by atoms with E-state index in [0.717, 1.165) is 37.7 Å². The number of benzene rings is 2. The van der Waals surface area contributed by atoms with E-state index in [4.69, 9.17) is 0 Å². The monoisotopic (exact) mass is 384 g/mol. The van der Waals surface area contributed by atoms with Crippen molar-refractivity contribution in [1.82, 2.24) is 9.80 Å². The molecule has 1 saturated carbocycles. The van der Waals surface area contributed by atoms with Crippen molar-refractivity contribution in [2.45, 2.75) is 44.7 Å². The van der Waals surface area contributed by atoms with Gasteiger partial charge in [0, 0.05) is 38.8 Å². The van der Waals surface area contributed by atoms with E-state index in [9.17, 15) is 8.78 Å². The number of hydrogen-bond acceptors (Lipinski definition) is 2. The minimum Gasteiger partial charge on any atom is -0.297 e. The second-order valence-electron chi connectivity index (χ2n) is 8.31. The zero-order valence-electron chi connectivity index (χ0n) is 16.5. The molecule has 1 aliphatic heterocycles. The summed E-state index contributed by atoms with van der Waals surface area (Å²) in [4.78, 5) is 5.01. The van der Waals surface area contributed by atoms with Gasteiger partial charge in [0.2, 0.25) is 0 Å². The van der Waals surface area contributed by atoms with E-state index < -0.39 is 11.6 Å². The third-order valence-electron chi connectivity index (χ3n) is 6.43. The molecule has 150 valence electrons. The minimum absolute atomic E-state index is 0.506. The standard InChI is InChI=1S/C24H30F2N2/c25-22-12-11-19(17-23(22)26)18-27-13-15-28(16-14-27)24(20-7-3-1-4-8-20)21-9-5-2-6-10-21/h1,3-4,7-8,11-12,17,21,24H,2,5-6,9-10,13-16,18H2. The molecular formula is C24H30F2N2. The highest BCUT2D eigenvalue weighted by Gasteiger charge is 2.32. The van der Waals surface area contributed by atoms with Crippen LogP contribution in [0.1, 0.15) is 49.3 Å². The molecule has 0 bridgehead atoms. The van der Waals surface area contributed by atoms with Crippen molar-refractivity contribution in [2.75, 3.05) is 26.2 Å². The molecule has 4 rings (SSSR count). The van der Waals surface area contributed by atoms with Gasteiger partial charge in [-0.05, 0) is 42.0 Å². The van der Waals surface area contributed by atoms with Gasteiger partial charge in [-0.3, -0.25) is 9.80 Å². The lowest BCUT2D eigenvalue weighted by Crippen LogP contribution is -2.48. The van der Waals surface area contributed by atoms with Gasteiger partial charge in [0.25, 0.3) is 0 Å². The molecule has 0 spiro atoms. The van der Waals surface area contributed by atoms with Gasteiger partial charge in [-0.25, -0.2) is 8.78 Å². The van der Waals surface area contributed by atoms with Gasteiger partial charge in [0.1, 0.15) is 0 Å². The first-order valence-electron chi connectivity index (χ1n) is 10.7. The van der Waals surface area contributed by atoms with E-state index in [1.165, 1.54) is 49.8 Å². The van der Waals surface area contributed by atoms with Gasteiger partial charge in [-0.15, -0.1) is 0 Å². The van der Waals surface area contributed by atoms with Crippen molar-refractivity contribution in [1.29, 1.82) is 0 Å². The maximum Gasteiger partial charge on any atom is 0.159 e. The lowest BCUT2D eigenvalue weighted by molar-refractivity contribution is 0.0547. The van der Waals surface area contributed by atoms with Crippen molar-refractivity contribution in [3.05, 3.63) is 71.3 Å². The van der Waals surface area contributed by atoms with Gasteiger partial charge in [0.05, 0.1) is 0 Å². The van der Waals surface area contributed by atoms with E-state index in [-0.39, 0.29) is 0 Å². The number of halogens is 2. The molecule has 1 unspecified atom stereocenters. The van der Waals surface area contributed by atoms with Gasteiger partial charge in [-0.2, -0.15) is 0 Å². The normalized spacial score (nSPS) is 20.9. The molecule has 0 radical (unpaired) electrons. The largest absolute Gasteiger partial charge is 0.297 e. The van der Waals surface area contributed by atoms with Crippen molar-refractivity contribution < 1.29 is 8.78 Å². The van der Waals surface area contributed by atoms with Crippen LogP contribution in [0.25, 0.3) is 0 Å². The van der Waals surface area contributed by atoms with E-state index in [2.05, 4.69) is 40.1 Å². The molecule has 4 heteroatoms. The fourth-order valence-corrected chi connectivity index (χ4v) is 4.98. The van der Waals surface area contributed by atoms with Crippen molar-refractivity contribution >= 4 is 0 Å². The van der Waals surface area contributed by atoms with Crippen LogP contribution in [-0.4, -0.2) is 36.0 Å². The summed E-state index contributed by atoms with van der Waals surface area (Å²) in [7, 11) is 0. The van der Waals surface area contributed by atoms with Gasteiger partial charge in [0.15, 0.2) is 11.6 Å². The molecule has 1 heterocycles. The van der Waals surface area contributed by atoms with Crippen molar-refractivity contribution in [3.8, 4) is 0 Å². The van der Waals surface area contributed by atoms with Gasteiger partial charge < -0.3 is 0 Å². The Morgan fingerprint density at radius 1 is 0.821 bits per heavy atom. The summed E-state index contributed by atoms with van der Waals surface area (Å²) in [6.45, 7) is 4.67. The van der Waals surface area contributed by atoms with E-state index >= 15 is 0 Å². The molecule has 0 amide bonds. The predicted octanol–water partition coefficient (Wildman–Crippen LogP) is 5.40. The van der Waals surface area contributed by atoms with Crippen LogP contribution < -0.4 is 0 Å². The molecule has 0 N–H and O–H groups in total. The molecule has 1 atom stereocenters. The highest BCUT2D eigenvalue weighted by atomic mass is 19.2. The number of piperazine rings is 1. The Hall–Kier alpha value is -1.78. The molecular weight excluding hydrogens is 354 g/mol. The first-order chi connectivity index (χ1) is 13.7.